The molecule has 182 valence electrons. The molecule has 8 nitrogen and oxygen atoms in total. The molecular formula is C25H19FN4O4S2. The Bertz CT molecular complexity index is 1690. The van der Waals surface area contributed by atoms with E-state index in [4.69, 9.17) is 4.74 Å². The van der Waals surface area contributed by atoms with Crippen LogP contribution in [0.2, 0.25) is 0 Å². The average molecular weight is 523 g/mol. The van der Waals surface area contributed by atoms with Gasteiger partial charge in [0.15, 0.2) is 5.13 Å². The number of hydrogen-bond acceptors (Lipinski definition) is 8. The number of nitrogens with zero attached hydrogens (tertiary/aromatic N) is 3. The van der Waals surface area contributed by atoms with Crippen molar-refractivity contribution >= 4 is 60.1 Å². The van der Waals surface area contributed by atoms with E-state index in [-0.39, 0.29) is 24.5 Å². The molecule has 0 unspecified atom stereocenters. The van der Waals surface area contributed by atoms with Crippen LogP contribution < -0.4 is 10.9 Å². The molecule has 3 aromatic heterocycles. The summed E-state index contributed by atoms with van der Waals surface area (Å²) in [6.07, 6.45) is 1.35. The van der Waals surface area contributed by atoms with Crippen LogP contribution in [0, 0.1) is 12.7 Å². The van der Waals surface area contributed by atoms with Crippen molar-refractivity contribution in [1.82, 2.24) is 14.5 Å². The van der Waals surface area contributed by atoms with E-state index in [0.717, 1.165) is 4.88 Å². The number of fused-ring (bicyclic) bond motifs is 2. The second-order valence-corrected chi connectivity index (χ2v) is 10.1. The first-order valence-electron chi connectivity index (χ1n) is 11.0. The average Bonchev–Trinajstić information content (AvgIpc) is 3.41. The van der Waals surface area contributed by atoms with E-state index in [0.29, 0.717) is 42.3 Å². The van der Waals surface area contributed by atoms with Gasteiger partial charge in [0.25, 0.3) is 5.56 Å². The molecular weight excluding hydrogens is 503 g/mol. The van der Waals surface area contributed by atoms with Gasteiger partial charge in [0.05, 0.1) is 34.1 Å². The summed E-state index contributed by atoms with van der Waals surface area (Å²) in [5, 5.41) is 3.45. The van der Waals surface area contributed by atoms with Crippen LogP contribution in [0.15, 0.2) is 53.6 Å². The maximum Gasteiger partial charge on any atom is 0.338 e. The molecule has 11 heteroatoms. The first-order valence-corrected chi connectivity index (χ1v) is 12.6. The van der Waals surface area contributed by atoms with Gasteiger partial charge in [-0.1, -0.05) is 23.5 Å². The van der Waals surface area contributed by atoms with E-state index >= 15 is 0 Å². The highest BCUT2D eigenvalue weighted by molar-refractivity contribution is 7.22. The number of carbonyl (C=O) groups is 2. The molecule has 0 saturated carbocycles. The minimum atomic E-state index is -0.446. The Labute approximate surface area is 212 Å². The first-order chi connectivity index (χ1) is 17.3. The second-order valence-electron chi connectivity index (χ2n) is 7.87. The fourth-order valence-electron chi connectivity index (χ4n) is 3.85. The van der Waals surface area contributed by atoms with Gasteiger partial charge in [-0.3, -0.25) is 14.2 Å². The number of halogens is 1. The van der Waals surface area contributed by atoms with Crippen molar-refractivity contribution in [1.29, 1.82) is 0 Å². The van der Waals surface area contributed by atoms with E-state index in [1.54, 1.807) is 37.3 Å². The number of aryl methyl sites for hydroxylation is 1. The monoisotopic (exact) mass is 522 g/mol. The highest BCUT2D eigenvalue weighted by atomic mass is 32.1. The van der Waals surface area contributed by atoms with Crippen molar-refractivity contribution in [3.63, 3.8) is 0 Å². The van der Waals surface area contributed by atoms with Crippen molar-refractivity contribution in [3.8, 4) is 11.1 Å². The summed E-state index contributed by atoms with van der Waals surface area (Å²) in [6.45, 7) is 3.63. The Morgan fingerprint density at radius 2 is 1.92 bits per heavy atom. The number of benzene rings is 2. The molecule has 3 heterocycles. The lowest BCUT2D eigenvalue weighted by atomic mass is 10.0. The lowest BCUT2D eigenvalue weighted by Crippen LogP contribution is -2.27. The van der Waals surface area contributed by atoms with Gasteiger partial charge in [0, 0.05) is 10.4 Å². The van der Waals surface area contributed by atoms with E-state index in [9.17, 15) is 18.8 Å². The SMILES string of the molecule is CCOC(=O)c1ccc2nc(NC(=O)Cn3cnc4sc(C)c(-c5ccc(F)cc5)c4c3=O)sc2c1. The molecule has 0 aliphatic heterocycles. The zero-order chi connectivity index (χ0) is 25.4. The summed E-state index contributed by atoms with van der Waals surface area (Å²) in [7, 11) is 0. The van der Waals surface area contributed by atoms with E-state index in [2.05, 4.69) is 15.3 Å². The number of anilines is 1. The summed E-state index contributed by atoms with van der Waals surface area (Å²) in [6, 6.07) is 10.9. The largest absolute Gasteiger partial charge is 0.462 e. The number of hydrogen-bond donors (Lipinski definition) is 1. The summed E-state index contributed by atoms with van der Waals surface area (Å²) in [5.74, 6) is -1.24. The molecule has 0 bridgehead atoms. The van der Waals surface area contributed by atoms with Crippen molar-refractivity contribution in [3.05, 3.63) is 75.4 Å². The maximum absolute atomic E-state index is 13.4. The van der Waals surface area contributed by atoms with Crippen molar-refractivity contribution in [2.45, 2.75) is 20.4 Å². The molecule has 0 saturated heterocycles. The van der Waals surface area contributed by atoms with Gasteiger partial charge < -0.3 is 10.1 Å². The minimum Gasteiger partial charge on any atom is -0.462 e. The number of amides is 1. The van der Waals surface area contributed by atoms with Crippen LogP contribution in [0.5, 0.6) is 0 Å². The number of ether oxygens (including phenoxy) is 1. The van der Waals surface area contributed by atoms with Crippen LogP contribution in [0.1, 0.15) is 22.2 Å². The topological polar surface area (TPSA) is 103 Å². The number of aromatic nitrogens is 3. The smallest absolute Gasteiger partial charge is 0.338 e. The van der Waals surface area contributed by atoms with Gasteiger partial charge >= 0.3 is 5.97 Å². The molecule has 1 amide bonds. The predicted octanol–water partition coefficient (Wildman–Crippen LogP) is 5.00. The van der Waals surface area contributed by atoms with Crippen molar-refractivity contribution in [2.24, 2.45) is 0 Å². The van der Waals surface area contributed by atoms with Crippen LogP contribution in [-0.4, -0.2) is 33.0 Å². The molecule has 0 aliphatic rings. The fraction of sp³-hybridized carbons (Fsp3) is 0.160. The summed E-state index contributed by atoms with van der Waals surface area (Å²) in [5.41, 5.74) is 2.06. The third-order valence-electron chi connectivity index (χ3n) is 5.45. The number of rotatable bonds is 6. The van der Waals surface area contributed by atoms with Gasteiger partial charge in [-0.2, -0.15) is 0 Å². The lowest BCUT2D eigenvalue weighted by Gasteiger charge is -2.06. The molecule has 5 aromatic rings. The van der Waals surface area contributed by atoms with Gasteiger partial charge in [-0.15, -0.1) is 11.3 Å². The lowest BCUT2D eigenvalue weighted by molar-refractivity contribution is -0.116. The summed E-state index contributed by atoms with van der Waals surface area (Å²) >= 11 is 2.58. The Morgan fingerprint density at radius 3 is 2.67 bits per heavy atom. The Hall–Kier alpha value is -3.96. The molecule has 2 aromatic carbocycles. The van der Waals surface area contributed by atoms with E-state index in [1.807, 2.05) is 6.92 Å². The number of thiazole rings is 1. The third-order valence-corrected chi connectivity index (χ3v) is 7.39. The van der Waals surface area contributed by atoms with Crippen LogP contribution in [0.4, 0.5) is 9.52 Å². The van der Waals surface area contributed by atoms with Gasteiger partial charge in [-0.25, -0.2) is 19.2 Å². The maximum atomic E-state index is 13.4. The summed E-state index contributed by atoms with van der Waals surface area (Å²) in [4.78, 5) is 48.2. The third kappa shape index (κ3) is 4.50. The van der Waals surface area contributed by atoms with Crippen molar-refractivity contribution < 1.29 is 18.7 Å². The van der Waals surface area contributed by atoms with Crippen LogP contribution in [0.3, 0.4) is 0 Å². The molecule has 0 atom stereocenters. The number of thiophene rings is 1. The Kier molecular flexibility index (Phi) is 6.33. The molecule has 36 heavy (non-hydrogen) atoms. The number of carbonyl (C=O) groups excluding carboxylic acids is 2. The molecule has 0 spiro atoms. The predicted molar refractivity (Wildman–Crippen MR) is 138 cm³/mol. The molecule has 0 aliphatic carbocycles. The quantitative estimate of drug-likeness (QED) is 0.315. The Morgan fingerprint density at radius 1 is 1.14 bits per heavy atom. The molecule has 0 radical (unpaired) electrons. The number of nitrogens with one attached hydrogen (secondary N) is 1. The van der Waals surface area contributed by atoms with Gasteiger partial charge in [0.1, 0.15) is 17.2 Å². The van der Waals surface area contributed by atoms with Crippen LogP contribution in [-0.2, 0) is 16.1 Å². The van der Waals surface area contributed by atoms with E-state index in [1.165, 1.54) is 45.7 Å². The highest BCUT2D eigenvalue weighted by Crippen LogP contribution is 2.35. The highest BCUT2D eigenvalue weighted by Gasteiger charge is 2.18. The van der Waals surface area contributed by atoms with Gasteiger partial charge in [-0.05, 0) is 49.7 Å². The molecule has 0 fully saturated rings. The standard InChI is InChI=1S/C25H19FN4O4S2/c1-3-34-24(33)15-6-9-17-18(10-15)36-25(28-17)29-19(31)11-30-12-27-22-21(23(30)32)20(13(2)35-22)14-4-7-16(26)8-5-14/h4-10,12H,3,11H2,1-2H3,(H,28,29,31). The number of esters is 1. The van der Waals surface area contributed by atoms with Crippen LogP contribution >= 0.6 is 22.7 Å². The normalized spacial score (nSPS) is 11.2. The van der Waals surface area contributed by atoms with Crippen molar-refractivity contribution in [2.75, 3.05) is 11.9 Å². The molecule has 1 N–H and O–H groups in total. The van der Waals surface area contributed by atoms with Gasteiger partial charge in [0.2, 0.25) is 5.91 Å². The first kappa shape index (κ1) is 23.8. The van der Waals surface area contributed by atoms with Crippen LogP contribution in [0.25, 0.3) is 31.6 Å². The molecule has 5 rings (SSSR count). The Balaban J connectivity index is 1.40. The zero-order valence-corrected chi connectivity index (χ0v) is 20.8. The summed E-state index contributed by atoms with van der Waals surface area (Å²) < 4.78 is 20.4. The minimum absolute atomic E-state index is 0.260. The second kappa shape index (κ2) is 9.59. The van der Waals surface area contributed by atoms with E-state index < -0.39 is 11.9 Å². The fourth-order valence-corrected chi connectivity index (χ4v) is 5.77. The zero-order valence-electron chi connectivity index (χ0n) is 19.2.